The summed E-state index contributed by atoms with van der Waals surface area (Å²) in [5, 5.41) is 11.2. The van der Waals surface area contributed by atoms with Crippen molar-refractivity contribution >= 4 is 53.1 Å². The average Bonchev–Trinajstić information content (AvgIpc) is 3.40. The molecule has 1 atom stereocenters. The fraction of sp³-hybridized carbons (Fsp3) is 0.273. The standard InChI is InChI=1S/C22H23ClN6O2.HI/c1-24-22(26-17-13-20(30)29(14-17)18-5-3-2-4-6-18)25-12-11-19-27-21(28-31-19)15-7-9-16(23)10-8-15;/h2-10,17H,11-14H2,1H3,(H2,24,25,26);1H. The molecule has 2 aromatic carbocycles. The van der Waals surface area contributed by atoms with Gasteiger partial charge in [0.05, 0.1) is 6.04 Å². The molecular formula is C22H24ClIN6O2. The molecule has 4 rings (SSSR count). The number of amides is 1. The number of hydrogen-bond donors (Lipinski definition) is 2. The zero-order chi connectivity index (χ0) is 21.6. The number of hydrogen-bond acceptors (Lipinski definition) is 5. The first kappa shape index (κ1) is 24.0. The summed E-state index contributed by atoms with van der Waals surface area (Å²) >= 11 is 5.91. The van der Waals surface area contributed by atoms with E-state index in [2.05, 4.69) is 25.8 Å². The maximum absolute atomic E-state index is 12.4. The first-order valence-electron chi connectivity index (χ1n) is 10.0. The third kappa shape index (κ3) is 5.98. The summed E-state index contributed by atoms with van der Waals surface area (Å²) in [6.07, 6.45) is 0.963. The number of nitrogens with zero attached hydrogens (tertiary/aromatic N) is 4. The van der Waals surface area contributed by atoms with Crippen molar-refractivity contribution in [3.8, 4) is 11.4 Å². The van der Waals surface area contributed by atoms with Gasteiger partial charge in [-0.15, -0.1) is 24.0 Å². The molecule has 2 N–H and O–H groups in total. The number of anilines is 1. The normalized spacial score (nSPS) is 16.1. The summed E-state index contributed by atoms with van der Waals surface area (Å²) in [5.74, 6) is 1.78. The summed E-state index contributed by atoms with van der Waals surface area (Å²) in [6, 6.07) is 16.9. The van der Waals surface area contributed by atoms with Crippen LogP contribution in [0.2, 0.25) is 5.02 Å². The lowest BCUT2D eigenvalue weighted by molar-refractivity contribution is -0.117. The van der Waals surface area contributed by atoms with Gasteiger partial charge in [0, 0.05) is 49.3 Å². The predicted molar refractivity (Wildman–Crippen MR) is 136 cm³/mol. The Bertz CT molecular complexity index is 1060. The van der Waals surface area contributed by atoms with Gasteiger partial charge >= 0.3 is 0 Å². The molecule has 1 unspecified atom stereocenters. The average molecular weight is 567 g/mol. The van der Waals surface area contributed by atoms with Gasteiger partial charge in [0.25, 0.3) is 0 Å². The minimum atomic E-state index is -0.0150. The van der Waals surface area contributed by atoms with Crippen molar-refractivity contribution in [2.45, 2.75) is 18.9 Å². The summed E-state index contributed by atoms with van der Waals surface area (Å²) in [7, 11) is 1.70. The first-order chi connectivity index (χ1) is 15.1. The van der Waals surface area contributed by atoms with E-state index in [1.54, 1.807) is 24.1 Å². The zero-order valence-electron chi connectivity index (χ0n) is 17.5. The number of halogens is 2. The van der Waals surface area contributed by atoms with Gasteiger partial charge in [-0.05, 0) is 36.4 Å². The fourth-order valence-electron chi connectivity index (χ4n) is 3.41. The molecule has 0 spiro atoms. The van der Waals surface area contributed by atoms with Gasteiger partial charge in [0.1, 0.15) is 0 Å². The molecule has 0 bridgehead atoms. The van der Waals surface area contributed by atoms with E-state index in [4.69, 9.17) is 16.1 Å². The molecule has 32 heavy (non-hydrogen) atoms. The van der Waals surface area contributed by atoms with Crippen LogP contribution in [0.15, 0.2) is 64.1 Å². The molecular weight excluding hydrogens is 543 g/mol. The number of benzene rings is 2. The van der Waals surface area contributed by atoms with Crippen LogP contribution in [0.5, 0.6) is 0 Å². The molecule has 8 nitrogen and oxygen atoms in total. The van der Waals surface area contributed by atoms with E-state index < -0.39 is 0 Å². The number of rotatable bonds is 6. The third-order valence-corrected chi connectivity index (χ3v) is 5.21. The maximum Gasteiger partial charge on any atom is 0.229 e. The lowest BCUT2D eigenvalue weighted by Gasteiger charge is -2.18. The van der Waals surface area contributed by atoms with E-state index in [1.165, 1.54) is 0 Å². The maximum atomic E-state index is 12.4. The summed E-state index contributed by atoms with van der Waals surface area (Å²) in [4.78, 5) is 22.8. The van der Waals surface area contributed by atoms with Crippen LogP contribution in [0.25, 0.3) is 11.4 Å². The van der Waals surface area contributed by atoms with Crippen molar-refractivity contribution in [1.82, 2.24) is 20.8 Å². The molecule has 0 saturated carbocycles. The van der Waals surface area contributed by atoms with Gasteiger partial charge in [-0.1, -0.05) is 35.0 Å². The van der Waals surface area contributed by atoms with E-state index in [0.29, 0.717) is 48.6 Å². The molecule has 10 heteroatoms. The van der Waals surface area contributed by atoms with Crippen molar-refractivity contribution in [3.05, 3.63) is 65.5 Å². The van der Waals surface area contributed by atoms with Crippen LogP contribution in [0.3, 0.4) is 0 Å². The molecule has 168 valence electrons. The highest BCUT2D eigenvalue weighted by Crippen LogP contribution is 2.21. The van der Waals surface area contributed by atoms with E-state index in [1.807, 2.05) is 42.5 Å². The Labute approximate surface area is 208 Å². The predicted octanol–water partition coefficient (Wildman–Crippen LogP) is 3.52. The molecule has 1 amide bonds. The van der Waals surface area contributed by atoms with Crippen LogP contribution in [-0.2, 0) is 11.2 Å². The van der Waals surface area contributed by atoms with Crippen molar-refractivity contribution in [3.63, 3.8) is 0 Å². The lowest BCUT2D eigenvalue weighted by Crippen LogP contribution is -2.45. The molecule has 1 fully saturated rings. The van der Waals surface area contributed by atoms with Gasteiger partial charge in [-0.25, -0.2) is 0 Å². The highest BCUT2D eigenvalue weighted by molar-refractivity contribution is 14.0. The fourth-order valence-corrected chi connectivity index (χ4v) is 3.54. The molecule has 2 heterocycles. The molecule has 1 aliphatic rings. The topological polar surface area (TPSA) is 95.6 Å². The molecule has 1 aromatic heterocycles. The number of carbonyl (C=O) groups is 1. The number of para-hydroxylation sites is 1. The Kier molecular flexibility index (Phi) is 8.46. The summed E-state index contributed by atoms with van der Waals surface area (Å²) < 4.78 is 5.33. The van der Waals surface area contributed by atoms with Crippen LogP contribution in [0.1, 0.15) is 12.3 Å². The Hall–Kier alpha value is -2.66. The number of nitrogens with one attached hydrogen (secondary N) is 2. The Morgan fingerprint density at radius 1 is 1.22 bits per heavy atom. The van der Waals surface area contributed by atoms with E-state index in [-0.39, 0.29) is 35.9 Å². The minimum Gasteiger partial charge on any atom is -0.356 e. The smallest absolute Gasteiger partial charge is 0.229 e. The van der Waals surface area contributed by atoms with Crippen LogP contribution in [0, 0.1) is 0 Å². The van der Waals surface area contributed by atoms with Gasteiger partial charge in [-0.2, -0.15) is 4.98 Å². The zero-order valence-corrected chi connectivity index (χ0v) is 20.6. The monoisotopic (exact) mass is 566 g/mol. The Morgan fingerprint density at radius 2 is 1.97 bits per heavy atom. The van der Waals surface area contributed by atoms with Crippen molar-refractivity contribution in [2.75, 3.05) is 25.0 Å². The highest BCUT2D eigenvalue weighted by atomic mass is 127. The third-order valence-electron chi connectivity index (χ3n) is 4.96. The quantitative estimate of drug-likeness (QED) is 0.269. The van der Waals surface area contributed by atoms with Crippen molar-refractivity contribution in [2.24, 2.45) is 4.99 Å². The molecule has 0 aliphatic carbocycles. The Morgan fingerprint density at radius 3 is 2.69 bits per heavy atom. The SMILES string of the molecule is CN=C(NCCc1nc(-c2ccc(Cl)cc2)no1)NC1CC(=O)N(c2ccccc2)C1.I. The number of aromatic nitrogens is 2. The minimum absolute atomic E-state index is 0. The lowest BCUT2D eigenvalue weighted by atomic mass is 10.2. The second-order valence-electron chi connectivity index (χ2n) is 7.15. The first-order valence-corrected chi connectivity index (χ1v) is 10.4. The Balaban J connectivity index is 0.00000289. The van der Waals surface area contributed by atoms with Gasteiger partial charge < -0.3 is 20.1 Å². The molecule has 1 aliphatic heterocycles. The van der Waals surface area contributed by atoms with Crippen molar-refractivity contribution < 1.29 is 9.32 Å². The van der Waals surface area contributed by atoms with Crippen molar-refractivity contribution in [1.29, 1.82) is 0 Å². The van der Waals surface area contributed by atoms with Crippen LogP contribution in [-0.4, -0.2) is 48.2 Å². The van der Waals surface area contributed by atoms with Crippen LogP contribution in [0.4, 0.5) is 5.69 Å². The van der Waals surface area contributed by atoms with Gasteiger partial charge in [0.15, 0.2) is 5.96 Å². The molecule has 1 saturated heterocycles. The van der Waals surface area contributed by atoms with Gasteiger partial charge in [0.2, 0.25) is 17.6 Å². The van der Waals surface area contributed by atoms with E-state index in [0.717, 1.165) is 11.3 Å². The van der Waals surface area contributed by atoms with E-state index in [9.17, 15) is 4.79 Å². The number of guanidine groups is 1. The largest absolute Gasteiger partial charge is 0.356 e. The molecule has 0 radical (unpaired) electrons. The highest BCUT2D eigenvalue weighted by Gasteiger charge is 2.31. The van der Waals surface area contributed by atoms with E-state index >= 15 is 0 Å². The second kappa shape index (κ2) is 11.3. The van der Waals surface area contributed by atoms with Crippen LogP contribution >= 0.6 is 35.6 Å². The summed E-state index contributed by atoms with van der Waals surface area (Å²) in [6.45, 7) is 1.16. The molecule has 3 aromatic rings. The summed E-state index contributed by atoms with van der Waals surface area (Å²) in [5.41, 5.74) is 1.76. The second-order valence-corrected chi connectivity index (χ2v) is 7.59. The number of aliphatic imine (C=N–C) groups is 1. The van der Waals surface area contributed by atoms with Crippen LogP contribution < -0.4 is 15.5 Å². The number of carbonyl (C=O) groups excluding carboxylic acids is 1. The van der Waals surface area contributed by atoms with Gasteiger partial charge in [-0.3, -0.25) is 9.79 Å².